The molecule has 4 fully saturated rings. The molecular formula is C21H28N4O3. The molecule has 5 rings (SSSR count). The van der Waals surface area contributed by atoms with Crippen LogP contribution in [0.15, 0.2) is 18.2 Å². The number of carbonyl (C=O) groups excluding carboxylic acids is 1. The van der Waals surface area contributed by atoms with Gasteiger partial charge in [-0.05, 0) is 56.1 Å². The van der Waals surface area contributed by atoms with Crippen molar-refractivity contribution in [3.63, 3.8) is 0 Å². The van der Waals surface area contributed by atoms with Crippen LogP contribution in [-0.2, 0) is 0 Å². The Morgan fingerprint density at radius 3 is 2.46 bits per heavy atom. The molecule has 0 aromatic heterocycles. The highest BCUT2D eigenvalue weighted by atomic mass is 16.6. The van der Waals surface area contributed by atoms with Gasteiger partial charge >= 0.3 is 0 Å². The number of piperazine rings is 1. The average molecular weight is 384 g/mol. The lowest BCUT2D eigenvalue weighted by Crippen LogP contribution is -2.51. The maximum Gasteiger partial charge on any atom is 0.293 e. The summed E-state index contributed by atoms with van der Waals surface area (Å²) in [5, 5.41) is 14.6. The van der Waals surface area contributed by atoms with E-state index in [1.165, 1.54) is 31.7 Å². The Morgan fingerprint density at radius 2 is 1.86 bits per heavy atom. The van der Waals surface area contributed by atoms with Gasteiger partial charge in [0, 0.05) is 49.9 Å². The van der Waals surface area contributed by atoms with Gasteiger partial charge in [-0.2, -0.15) is 0 Å². The predicted octanol–water partition coefficient (Wildman–Crippen LogP) is 2.80. The van der Waals surface area contributed by atoms with Crippen LogP contribution in [0.4, 0.5) is 11.4 Å². The second-order valence-corrected chi connectivity index (χ2v) is 8.97. The smallest absolute Gasteiger partial charge is 0.293 e. The van der Waals surface area contributed by atoms with Gasteiger partial charge in [-0.15, -0.1) is 0 Å². The zero-order chi connectivity index (χ0) is 19.3. The number of benzene rings is 1. The zero-order valence-corrected chi connectivity index (χ0v) is 16.2. The van der Waals surface area contributed by atoms with Crippen LogP contribution >= 0.6 is 0 Å². The van der Waals surface area contributed by atoms with Crippen molar-refractivity contribution in [2.24, 2.45) is 11.8 Å². The quantitative estimate of drug-likeness (QED) is 0.624. The Kier molecular flexibility index (Phi) is 4.50. The fraction of sp³-hybridized carbons (Fsp3) is 0.667. The van der Waals surface area contributed by atoms with Crippen molar-refractivity contribution in [2.75, 3.05) is 31.1 Å². The van der Waals surface area contributed by atoms with Crippen molar-refractivity contribution in [1.29, 1.82) is 0 Å². The lowest BCUT2D eigenvalue weighted by Gasteiger charge is -2.41. The highest BCUT2D eigenvalue weighted by Crippen LogP contribution is 2.47. The summed E-state index contributed by atoms with van der Waals surface area (Å²) in [7, 11) is 0. The summed E-state index contributed by atoms with van der Waals surface area (Å²) in [6.45, 7) is 3.55. The van der Waals surface area contributed by atoms with E-state index in [4.69, 9.17) is 0 Å². The number of rotatable bonds is 5. The van der Waals surface area contributed by atoms with E-state index in [0.29, 0.717) is 11.3 Å². The molecule has 2 bridgehead atoms. The summed E-state index contributed by atoms with van der Waals surface area (Å²) in [5.41, 5.74) is 1.06. The van der Waals surface area contributed by atoms with Crippen LogP contribution in [0.3, 0.4) is 0 Å². The number of carbonyl (C=O) groups is 1. The number of anilines is 1. The monoisotopic (exact) mass is 384 g/mol. The number of fused-ring (bicyclic) bond motifs is 2. The van der Waals surface area contributed by atoms with E-state index < -0.39 is 0 Å². The normalized spacial score (nSPS) is 29.9. The highest BCUT2D eigenvalue weighted by Gasteiger charge is 2.43. The summed E-state index contributed by atoms with van der Waals surface area (Å²) in [6.07, 6.45) is 7.54. The van der Waals surface area contributed by atoms with Crippen molar-refractivity contribution in [3.8, 4) is 0 Å². The minimum absolute atomic E-state index is 0.0387. The van der Waals surface area contributed by atoms with Crippen molar-refractivity contribution < 1.29 is 9.72 Å². The van der Waals surface area contributed by atoms with Gasteiger partial charge in [0.2, 0.25) is 0 Å². The van der Waals surface area contributed by atoms with Crippen LogP contribution in [0.25, 0.3) is 0 Å². The van der Waals surface area contributed by atoms with Crippen LogP contribution < -0.4 is 10.2 Å². The molecule has 1 N–H and O–H groups in total. The van der Waals surface area contributed by atoms with E-state index in [9.17, 15) is 14.9 Å². The molecule has 3 aliphatic carbocycles. The second-order valence-electron chi connectivity index (χ2n) is 8.97. The maximum atomic E-state index is 12.3. The van der Waals surface area contributed by atoms with Crippen LogP contribution in [0, 0.1) is 22.0 Å². The third-order valence-corrected chi connectivity index (χ3v) is 7.17. The molecule has 3 saturated carbocycles. The number of nitro groups is 1. The molecule has 1 aromatic carbocycles. The number of hydrogen-bond donors (Lipinski definition) is 1. The molecule has 1 aliphatic heterocycles. The topological polar surface area (TPSA) is 78.7 Å². The average Bonchev–Trinajstić information content (AvgIpc) is 3.26. The Morgan fingerprint density at radius 1 is 1.07 bits per heavy atom. The predicted molar refractivity (Wildman–Crippen MR) is 107 cm³/mol. The molecule has 150 valence electrons. The molecule has 1 saturated heterocycles. The Bertz CT molecular complexity index is 786. The number of nitro benzene ring substituents is 1. The van der Waals surface area contributed by atoms with Gasteiger partial charge in [0.1, 0.15) is 5.69 Å². The van der Waals surface area contributed by atoms with E-state index in [1.807, 2.05) is 0 Å². The van der Waals surface area contributed by atoms with E-state index in [2.05, 4.69) is 15.1 Å². The third-order valence-electron chi connectivity index (χ3n) is 7.17. The van der Waals surface area contributed by atoms with E-state index in [0.717, 1.165) is 56.9 Å². The van der Waals surface area contributed by atoms with Gasteiger partial charge in [0.05, 0.1) is 4.92 Å². The Balaban J connectivity index is 1.28. The summed E-state index contributed by atoms with van der Waals surface area (Å²) in [4.78, 5) is 28.3. The highest BCUT2D eigenvalue weighted by molar-refractivity contribution is 5.96. The first-order valence-corrected chi connectivity index (χ1v) is 10.7. The molecule has 0 spiro atoms. The molecule has 3 unspecified atom stereocenters. The lowest BCUT2D eigenvalue weighted by molar-refractivity contribution is -0.384. The summed E-state index contributed by atoms with van der Waals surface area (Å²) >= 11 is 0. The maximum absolute atomic E-state index is 12.3. The molecule has 0 radical (unpaired) electrons. The number of nitrogens with zero attached hydrogens (tertiary/aromatic N) is 3. The van der Waals surface area contributed by atoms with Crippen molar-refractivity contribution in [3.05, 3.63) is 33.9 Å². The molecule has 7 heteroatoms. The van der Waals surface area contributed by atoms with E-state index >= 15 is 0 Å². The molecule has 1 aromatic rings. The first kappa shape index (κ1) is 17.9. The van der Waals surface area contributed by atoms with Gasteiger partial charge in [-0.3, -0.25) is 19.8 Å². The van der Waals surface area contributed by atoms with Gasteiger partial charge in [0.15, 0.2) is 0 Å². The summed E-state index contributed by atoms with van der Waals surface area (Å²) in [5.74, 6) is 1.59. The molecule has 7 nitrogen and oxygen atoms in total. The fourth-order valence-corrected chi connectivity index (χ4v) is 5.53. The van der Waals surface area contributed by atoms with Gasteiger partial charge < -0.3 is 10.2 Å². The molecule has 4 aliphatic rings. The van der Waals surface area contributed by atoms with Crippen molar-refractivity contribution in [2.45, 2.75) is 50.6 Å². The zero-order valence-electron chi connectivity index (χ0n) is 16.2. The Labute approximate surface area is 165 Å². The van der Waals surface area contributed by atoms with Gasteiger partial charge in [-0.25, -0.2) is 0 Å². The standard InChI is InChI=1S/C21H28N4O3/c26-21(22-17-4-5-17)16-3-6-18(20(13-16)25(27)28)23-7-9-24(10-8-23)19-12-14-1-2-15(19)11-14/h3,6,13-15,17,19H,1-2,4-5,7-12H2,(H,22,26). The lowest BCUT2D eigenvalue weighted by atomic mass is 9.93. The van der Waals surface area contributed by atoms with E-state index in [-0.39, 0.29) is 22.6 Å². The van der Waals surface area contributed by atoms with Gasteiger partial charge in [-0.1, -0.05) is 6.42 Å². The van der Waals surface area contributed by atoms with Crippen LogP contribution in [0.2, 0.25) is 0 Å². The second kappa shape index (κ2) is 7.03. The first-order chi connectivity index (χ1) is 13.6. The van der Waals surface area contributed by atoms with Crippen LogP contribution in [-0.4, -0.2) is 54.0 Å². The van der Waals surface area contributed by atoms with Crippen molar-refractivity contribution >= 4 is 17.3 Å². The summed E-state index contributed by atoms with van der Waals surface area (Å²) in [6, 6.07) is 5.89. The van der Waals surface area contributed by atoms with Gasteiger partial charge in [0.25, 0.3) is 11.6 Å². The number of amides is 1. The SMILES string of the molecule is O=C(NC1CC1)c1ccc(N2CCN(C3CC4CCC3C4)CC2)c([N+](=O)[O-])c1. The number of nitrogens with one attached hydrogen (secondary N) is 1. The van der Waals surface area contributed by atoms with Crippen LogP contribution in [0.5, 0.6) is 0 Å². The Hall–Kier alpha value is -2.15. The summed E-state index contributed by atoms with van der Waals surface area (Å²) < 4.78 is 0. The van der Waals surface area contributed by atoms with E-state index in [1.54, 1.807) is 12.1 Å². The third kappa shape index (κ3) is 3.36. The largest absolute Gasteiger partial charge is 0.363 e. The minimum atomic E-state index is -0.356. The minimum Gasteiger partial charge on any atom is -0.363 e. The van der Waals surface area contributed by atoms with Crippen molar-refractivity contribution in [1.82, 2.24) is 10.2 Å². The fourth-order valence-electron chi connectivity index (χ4n) is 5.53. The molecule has 1 amide bonds. The molecule has 1 heterocycles. The van der Waals surface area contributed by atoms with Crippen LogP contribution in [0.1, 0.15) is 48.9 Å². The molecule has 28 heavy (non-hydrogen) atoms. The molecule has 3 atom stereocenters. The first-order valence-electron chi connectivity index (χ1n) is 10.7. The number of hydrogen-bond acceptors (Lipinski definition) is 5. The molecular weight excluding hydrogens is 356 g/mol.